The van der Waals surface area contributed by atoms with E-state index in [4.69, 9.17) is 14.2 Å². The zero-order chi connectivity index (χ0) is 27.2. The van der Waals surface area contributed by atoms with E-state index in [9.17, 15) is 14.4 Å². The average Bonchev–Trinajstić information content (AvgIpc) is 3.27. The second-order valence-corrected chi connectivity index (χ2v) is 9.57. The van der Waals surface area contributed by atoms with Gasteiger partial charge in [0.15, 0.2) is 0 Å². The Morgan fingerprint density at radius 2 is 1.33 bits per heavy atom. The normalized spacial score (nSPS) is 15.6. The van der Waals surface area contributed by atoms with Crippen LogP contribution in [0.15, 0.2) is 114 Å². The van der Waals surface area contributed by atoms with Gasteiger partial charge in [0, 0.05) is 10.0 Å². The number of esters is 1. The summed E-state index contributed by atoms with van der Waals surface area (Å²) >= 11 is 3.41. The van der Waals surface area contributed by atoms with Crippen LogP contribution in [0.5, 0.6) is 5.75 Å². The number of hydrogen-bond donors (Lipinski definition) is 1. The van der Waals surface area contributed by atoms with Gasteiger partial charge in [-0.25, -0.2) is 19.8 Å². The third kappa shape index (κ3) is 5.35. The molecule has 0 aromatic heterocycles. The molecular weight excluding hydrogens is 564 g/mol. The van der Waals surface area contributed by atoms with Gasteiger partial charge in [0.1, 0.15) is 19.0 Å². The predicted molar refractivity (Wildman–Crippen MR) is 145 cm³/mol. The molecule has 0 saturated heterocycles. The molecule has 39 heavy (non-hydrogen) atoms. The van der Waals surface area contributed by atoms with Gasteiger partial charge in [0.25, 0.3) is 0 Å². The van der Waals surface area contributed by atoms with Crippen LogP contribution in [0.25, 0.3) is 0 Å². The monoisotopic (exact) mass is 586 g/mol. The van der Waals surface area contributed by atoms with E-state index in [0.29, 0.717) is 11.1 Å². The van der Waals surface area contributed by atoms with E-state index in [2.05, 4.69) is 21.4 Å². The van der Waals surface area contributed by atoms with Crippen LogP contribution >= 0.6 is 15.9 Å². The van der Waals surface area contributed by atoms with Crippen molar-refractivity contribution in [1.29, 1.82) is 0 Å². The third-order valence-electron chi connectivity index (χ3n) is 6.18. The minimum absolute atomic E-state index is 0.0497. The molecule has 1 aliphatic heterocycles. The molecule has 5 rings (SSSR count). The smallest absolute Gasteiger partial charge is 0.430 e. The molecular formula is C30H23BrN2O6. The number of hydrazine groups is 1. The first kappa shape index (κ1) is 26.0. The lowest BCUT2D eigenvalue weighted by atomic mass is 9.83. The zero-order valence-electron chi connectivity index (χ0n) is 20.6. The van der Waals surface area contributed by atoms with Gasteiger partial charge in [-0.3, -0.25) is 0 Å². The summed E-state index contributed by atoms with van der Waals surface area (Å²) in [4.78, 5) is 40.5. The van der Waals surface area contributed by atoms with Crippen molar-refractivity contribution in [2.75, 3.05) is 0 Å². The van der Waals surface area contributed by atoms with Crippen molar-refractivity contribution >= 4 is 34.1 Å². The highest BCUT2D eigenvalue weighted by Crippen LogP contribution is 2.46. The van der Waals surface area contributed by atoms with E-state index < -0.39 is 23.7 Å². The lowest BCUT2D eigenvalue weighted by molar-refractivity contribution is -0.143. The van der Waals surface area contributed by atoms with Crippen molar-refractivity contribution in [3.63, 3.8) is 0 Å². The van der Waals surface area contributed by atoms with E-state index >= 15 is 0 Å². The maximum atomic E-state index is 13.7. The summed E-state index contributed by atoms with van der Waals surface area (Å²) in [5.74, 6) is -0.531. The van der Waals surface area contributed by atoms with E-state index in [1.54, 1.807) is 72.8 Å². The quantitative estimate of drug-likeness (QED) is 0.167. The molecule has 0 saturated carbocycles. The molecule has 196 valence electrons. The number of benzene rings is 4. The molecule has 9 heteroatoms. The van der Waals surface area contributed by atoms with Crippen molar-refractivity contribution in [3.8, 4) is 5.75 Å². The second kappa shape index (κ2) is 11.4. The maximum absolute atomic E-state index is 13.7. The van der Waals surface area contributed by atoms with Gasteiger partial charge in [0.05, 0.1) is 0 Å². The second-order valence-electron chi connectivity index (χ2n) is 8.65. The molecule has 0 spiro atoms. The summed E-state index contributed by atoms with van der Waals surface area (Å²) in [7, 11) is 0. The van der Waals surface area contributed by atoms with E-state index in [1.165, 1.54) is 0 Å². The molecule has 0 bridgehead atoms. The Morgan fingerprint density at radius 3 is 1.97 bits per heavy atom. The number of nitrogens with one attached hydrogen (secondary N) is 1. The first-order valence-electron chi connectivity index (χ1n) is 12.0. The van der Waals surface area contributed by atoms with Crippen LogP contribution in [-0.4, -0.2) is 23.2 Å². The van der Waals surface area contributed by atoms with Gasteiger partial charge in [0.2, 0.25) is 5.54 Å². The molecule has 1 atom stereocenters. The zero-order valence-corrected chi connectivity index (χ0v) is 22.2. The standard InChI is InChI=1S/C30H23BrN2O6/c31-24-17-15-23(16-18-24)30(25-13-7-8-14-26(25)39-27(30)34)33(29(36)38-20-22-11-5-2-6-12-22)32-28(35)37-19-21-9-3-1-4-10-21/h1-18H,19-20H2,(H,32,35)/t30-/m1/s1. The number of para-hydroxylation sites is 1. The van der Waals surface area contributed by atoms with Gasteiger partial charge in [-0.1, -0.05) is 107 Å². The minimum Gasteiger partial charge on any atom is -0.443 e. The van der Waals surface area contributed by atoms with Gasteiger partial charge in [-0.05, 0) is 34.9 Å². The summed E-state index contributed by atoms with van der Waals surface area (Å²) in [6.07, 6.45) is -1.93. The molecule has 1 N–H and O–H groups in total. The van der Waals surface area contributed by atoms with Crippen molar-refractivity contribution in [1.82, 2.24) is 10.4 Å². The maximum Gasteiger partial charge on any atom is 0.430 e. The summed E-state index contributed by atoms with van der Waals surface area (Å²) in [6, 6.07) is 31.6. The van der Waals surface area contributed by atoms with Crippen LogP contribution in [0, 0.1) is 0 Å². The Balaban J connectivity index is 1.54. The van der Waals surface area contributed by atoms with Gasteiger partial charge >= 0.3 is 18.2 Å². The number of halogens is 1. The number of fused-ring (bicyclic) bond motifs is 1. The predicted octanol–water partition coefficient (Wildman–Crippen LogP) is 6.09. The number of carbonyl (C=O) groups is 3. The lowest BCUT2D eigenvalue weighted by Crippen LogP contribution is -2.61. The number of rotatable bonds is 6. The molecule has 1 aliphatic rings. The molecule has 4 aromatic rings. The first-order chi connectivity index (χ1) is 19.0. The molecule has 0 unspecified atom stereocenters. The largest absolute Gasteiger partial charge is 0.443 e. The van der Waals surface area contributed by atoms with Crippen LogP contribution in [0.3, 0.4) is 0 Å². The molecule has 1 heterocycles. The van der Waals surface area contributed by atoms with Crippen molar-refractivity contribution in [2.24, 2.45) is 0 Å². The summed E-state index contributed by atoms with van der Waals surface area (Å²) in [6.45, 7) is -0.143. The van der Waals surface area contributed by atoms with Crippen LogP contribution in [0.4, 0.5) is 9.59 Å². The molecule has 0 aliphatic carbocycles. The first-order valence-corrected chi connectivity index (χ1v) is 12.8. The summed E-state index contributed by atoms with van der Waals surface area (Å²) in [5, 5.41) is 0.848. The van der Waals surface area contributed by atoms with Gasteiger partial charge in [-0.15, -0.1) is 0 Å². The fourth-order valence-electron chi connectivity index (χ4n) is 4.34. The number of carbonyl (C=O) groups excluding carboxylic acids is 3. The molecule has 2 amide bonds. The van der Waals surface area contributed by atoms with Crippen molar-refractivity contribution in [2.45, 2.75) is 18.8 Å². The Labute approximate surface area is 233 Å². The fourth-order valence-corrected chi connectivity index (χ4v) is 4.60. The molecule has 0 radical (unpaired) electrons. The fraction of sp³-hybridized carbons (Fsp3) is 0.100. The van der Waals surface area contributed by atoms with E-state index in [1.807, 2.05) is 36.4 Å². The van der Waals surface area contributed by atoms with E-state index in [0.717, 1.165) is 20.6 Å². The van der Waals surface area contributed by atoms with Crippen LogP contribution < -0.4 is 10.2 Å². The topological polar surface area (TPSA) is 94.2 Å². The van der Waals surface area contributed by atoms with Gasteiger partial charge in [-0.2, -0.15) is 5.01 Å². The SMILES string of the molecule is O=C(NN(C(=O)OCc1ccccc1)[C@@]1(c2ccc(Br)cc2)C(=O)Oc2ccccc21)OCc1ccccc1. The Kier molecular flexibility index (Phi) is 7.60. The number of nitrogens with zero attached hydrogens (tertiary/aromatic N) is 1. The third-order valence-corrected chi connectivity index (χ3v) is 6.70. The highest BCUT2D eigenvalue weighted by atomic mass is 79.9. The highest BCUT2D eigenvalue weighted by Gasteiger charge is 2.58. The van der Waals surface area contributed by atoms with Gasteiger partial charge < -0.3 is 14.2 Å². The summed E-state index contributed by atoms with van der Waals surface area (Å²) in [5.41, 5.74) is 2.79. The number of amides is 2. The van der Waals surface area contributed by atoms with Crippen LogP contribution in [0.1, 0.15) is 22.3 Å². The minimum atomic E-state index is -1.89. The number of hydrogen-bond acceptors (Lipinski definition) is 6. The molecule has 4 aromatic carbocycles. The lowest BCUT2D eigenvalue weighted by Gasteiger charge is -2.37. The average molecular weight is 587 g/mol. The molecule has 0 fully saturated rings. The Bertz CT molecular complexity index is 1480. The Morgan fingerprint density at radius 1 is 0.769 bits per heavy atom. The van der Waals surface area contributed by atoms with E-state index in [-0.39, 0.29) is 19.0 Å². The highest BCUT2D eigenvalue weighted by molar-refractivity contribution is 9.10. The van der Waals surface area contributed by atoms with Crippen LogP contribution in [0.2, 0.25) is 0 Å². The number of ether oxygens (including phenoxy) is 3. The Hall–Kier alpha value is -4.63. The van der Waals surface area contributed by atoms with Crippen molar-refractivity contribution in [3.05, 3.63) is 136 Å². The van der Waals surface area contributed by atoms with Crippen molar-refractivity contribution < 1.29 is 28.6 Å². The van der Waals surface area contributed by atoms with Crippen LogP contribution in [-0.2, 0) is 33.0 Å². The summed E-state index contributed by atoms with van der Waals surface area (Å²) < 4.78 is 17.4. The molecule has 8 nitrogen and oxygen atoms in total.